The number of rotatable bonds is 5. The first kappa shape index (κ1) is 14.8. The SMILES string of the molecule is CCNC(CN1CCCC(C)C1=O)C1CCCCC1. The van der Waals surface area contributed by atoms with E-state index < -0.39 is 0 Å². The summed E-state index contributed by atoms with van der Waals surface area (Å²) in [5.41, 5.74) is 0. The van der Waals surface area contributed by atoms with Gasteiger partial charge in [-0.2, -0.15) is 0 Å². The maximum Gasteiger partial charge on any atom is 0.225 e. The van der Waals surface area contributed by atoms with E-state index in [1.54, 1.807) is 0 Å². The van der Waals surface area contributed by atoms with Crippen LogP contribution in [0.5, 0.6) is 0 Å². The van der Waals surface area contributed by atoms with Gasteiger partial charge in [-0.1, -0.05) is 33.1 Å². The molecule has 2 atom stereocenters. The molecule has 0 radical (unpaired) electrons. The van der Waals surface area contributed by atoms with E-state index in [0.717, 1.165) is 32.0 Å². The van der Waals surface area contributed by atoms with Gasteiger partial charge in [-0.05, 0) is 38.1 Å². The van der Waals surface area contributed by atoms with Crippen molar-refractivity contribution in [1.82, 2.24) is 10.2 Å². The van der Waals surface area contributed by atoms with Crippen LogP contribution in [0.3, 0.4) is 0 Å². The molecule has 2 unspecified atom stereocenters. The average Bonchev–Trinajstić information content (AvgIpc) is 2.44. The lowest BCUT2D eigenvalue weighted by Crippen LogP contribution is -2.50. The van der Waals surface area contributed by atoms with Gasteiger partial charge in [0, 0.05) is 25.0 Å². The van der Waals surface area contributed by atoms with Crippen molar-refractivity contribution >= 4 is 5.91 Å². The summed E-state index contributed by atoms with van der Waals surface area (Å²) in [6.07, 6.45) is 9.08. The zero-order valence-corrected chi connectivity index (χ0v) is 12.7. The molecule has 2 aliphatic rings. The molecule has 1 aliphatic carbocycles. The fourth-order valence-electron chi connectivity index (χ4n) is 3.73. The lowest BCUT2D eigenvalue weighted by atomic mass is 9.83. The Balaban J connectivity index is 1.93. The minimum atomic E-state index is 0.238. The van der Waals surface area contributed by atoms with Crippen LogP contribution in [0.1, 0.15) is 58.8 Å². The van der Waals surface area contributed by atoms with Crippen LogP contribution in [0, 0.1) is 11.8 Å². The van der Waals surface area contributed by atoms with Crippen molar-refractivity contribution in [2.24, 2.45) is 11.8 Å². The van der Waals surface area contributed by atoms with Crippen LogP contribution in [0.25, 0.3) is 0 Å². The summed E-state index contributed by atoms with van der Waals surface area (Å²) in [7, 11) is 0. The zero-order valence-electron chi connectivity index (χ0n) is 12.7. The van der Waals surface area contributed by atoms with Gasteiger partial charge in [-0.15, -0.1) is 0 Å². The van der Waals surface area contributed by atoms with Crippen molar-refractivity contribution < 1.29 is 4.79 Å². The first-order chi connectivity index (χ1) is 9.22. The molecular formula is C16H30N2O. The maximum atomic E-state index is 12.2. The van der Waals surface area contributed by atoms with Gasteiger partial charge in [0.15, 0.2) is 0 Å². The largest absolute Gasteiger partial charge is 0.341 e. The van der Waals surface area contributed by atoms with Gasteiger partial charge in [0.25, 0.3) is 0 Å². The Kier molecular flexibility index (Phi) is 5.68. The number of carbonyl (C=O) groups excluding carboxylic acids is 1. The Morgan fingerprint density at radius 1 is 1.21 bits per heavy atom. The number of nitrogens with zero attached hydrogens (tertiary/aromatic N) is 1. The molecule has 0 aromatic heterocycles. The number of carbonyl (C=O) groups is 1. The van der Waals surface area contributed by atoms with Crippen LogP contribution in [0.2, 0.25) is 0 Å². The second-order valence-electron chi connectivity index (χ2n) is 6.39. The smallest absolute Gasteiger partial charge is 0.225 e. The molecule has 1 amide bonds. The second-order valence-corrected chi connectivity index (χ2v) is 6.39. The number of likely N-dealkylation sites (N-methyl/N-ethyl adjacent to an activating group) is 1. The molecule has 0 bridgehead atoms. The molecule has 2 fully saturated rings. The van der Waals surface area contributed by atoms with Crippen molar-refractivity contribution in [3.63, 3.8) is 0 Å². The minimum absolute atomic E-state index is 0.238. The van der Waals surface area contributed by atoms with Crippen LogP contribution in [-0.2, 0) is 4.79 Å². The van der Waals surface area contributed by atoms with E-state index in [1.807, 2.05) is 0 Å². The zero-order chi connectivity index (χ0) is 13.7. The molecule has 0 aromatic rings. The lowest BCUT2D eigenvalue weighted by molar-refractivity contribution is -0.138. The highest BCUT2D eigenvalue weighted by molar-refractivity contribution is 5.79. The van der Waals surface area contributed by atoms with E-state index in [2.05, 4.69) is 24.1 Å². The summed E-state index contributed by atoms with van der Waals surface area (Å²) in [4.78, 5) is 14.4. The van der Waals surface area contributed by atoms with Crippen LogP contribution >= 0.6 is 0 Å². The molecule has 0 spiro atoms. The Morgan fingerprint density at radius 2 is 1.95 bits per heavy atom. The lowest BCUT2D eigenvalue weighted by Gasteiger charge is -2.37. The molecule has 19 heavy (non-hydrogen) atoms. The van der Waals surface area contributed by atoms with Gasteiger partial charge in [-0.25, -0.2) is 0 Å². The van der Waals surface area contributed by atoms with E-state index in [0.29, 0.717) is 11.9 Å². The van der Waals surface area contributed by atoms with Crippen LogP contribution in [0.15, 0.2) is 0 Å². The van der Waals surface area contributed by atoms with E-state index in [9.17, 15) is 4.79 Å². The molecule has 1 N–H and O–H groups in total. The third-order valence-corrected chi connectivity index (χ3v) is 4.90. The number of nitrogens with one attached hydrogen (secondary N) is 1. The average molecular weight is 266 g/mol. The highest BCUT2D eigenvalue weighted by Crippen LogP contribution is 2.28. The topological polar surface area (TPSA) is 32.3 Å². The van der Waals surface area contributed by atoms with E-state index in [-0.39, 0.29) is 5.92 Å². The van der Waals surface area contributed by atoms with Crippen LogP contribution < -0.4 is 5.32 Å². The summed E-state index contributed by atoms with van der Waals surface area (Å²) in [5, 5.41) is 3.64. The van der Waals surface area contributed by atoms with Crippen LogP contribution in [-0.4, -0.2) is 36.5 Å². The number of likely N-dealkylation sites (tertiary alicyclic amines) is 1. The minimum Gasteiger partial charge on any atom is -0.341 e. The standard InChI is InChI=1S/C16H30N2O/c1-3-17-15(14-9-5-4-6-10-14)12-18-11-7-8-13(2)16(18)19/h13-15,17H,3-12H2,1-2H3. The monoisotopic (exact) mass is 266 g/mol. The summed E-state index contributed by atoms with van der Waals surface area (Å²) < 4.78 is 0. The molecule has 0 aromatic carbocycles. The summed E-state index contributed by atoms with van der Waals surface area (Å²) in [6, 6.07) is 0.513. The van der Waals surface area contributed by atoms with Gasteiger partial charge < -0.3 is 10.2 Å². The van der Waals surface area contributed by atoms with Gasteiger partial charge >= 0.3 is 0 Å². The molecular weight excluding hydrogens is 236 g/mol. The third kappa shape index (κ3) is 3.95. The predicted octanol–water partition coefficient (Wildman–Crippen LogP) is 2.80. The highest BCUT2D eigenvalue weighted by Gasteiger charge is 2.30. The number of amides is 1. The van der Waals surface area contributed by atoms with Crippen LogP contribution in [0.4, 0.5) is 0 Å². The molecule has 2 rings (SSSR count). The predicted molar refractivity (Wildman–Crippen MR) is 79.0 cm³/mol. The molecule has 3 nitrogen and oxygen atoms in total. The summed E-state index contributed by atoms with van der Waals surface area (Å²) in [6.45, 7) is 7.17. The maximum absolute atomic E-state index is 12.2. The second kappa shape index (κ2) is 7.28. The highest BCUT2D eigenvalue weighted by atomic mass is 16.2. The van der Waals surface area contributed by atoms with Crippen molar-refractivity contribution in [2.75, 3.05) is 19.6 Å². The van der Waals surface area contributed by atoms with E-state index >= 15 is 0 Å². The van der Waals surface area contributed by atoms with Crippen molar-refractivity contribution in [2.45, 2.75) is 64.8 Å². The summed E-state index contributed by atoms with van der Waals surface area (Å²) in [5.74, 6) is 1.39. The number of hydrogen-bond donors (Lipinski definition) is 1. The van der Waals surface area contributed by atoms with Crippen molar-refractivity contribution in [1.29, 1.82) is 0 Å². The van der Waals surface area contributed by atoms with Gasteiger partial charge in [-0.3, -0.25) is 4.79 Å². The summed E-state index contributed by atoms with van der Waals surface area (Å²) >= 11 is 0. The number of hydrogen-bond acceptors (Lipinski definition) is 2. The van der Waals surface area contributed by atoms with Gasteiger partial charge in [0.1, 0.15) is 0 Å². The van der Waals surface area contributed by atoms with E-state index in [1.165, 1.54) is 38.5 Å². The Labute approximate surface area is 118 Å². The molecule has 1 saturated carbocycles. The first-order valence-corrected chi connectivity index (χ1v) is 8.24. The fourth-order valence-corrected chi connectivity index (χ4v) is 3.73. The fraction of sp³-hybridized carbons (Fsp3) is 0.938. The van der Waals surface area contributed by atoms with Gasteiger partial charge in [0.05, 0.1) is 0 Å². The molecule has 1 heterocycles. The third-order valence-electron chi connectivity index (χ3n) is 4.90. The van der Waals surface area contributed by atoms with Crippen molar-refractivity contribution in [3.8, 4) is 0 Å². The normalized spacial score (nSPS) is 27.6. The Bertz CT molecular complexity index is 286. The molecule has 1 saturated heterocycles. The molecule has 110 valence electrons. The molecule has 1 aliphatic heterocycles. The van der Waals surface area contributed by atoms with Gasteiger partial charge in [0.2, 0.25) is 5.91 Å². The quantitative estimate of drug-likeness (QED) is 0.830. The molecule has 3 heteroatoms. The van der Waals surface area contributed by atoms with Crippen molar-refractivity contribution in [3.05, 3.63) is 0 Å². The van der Waals surface area contributed by atoms with E-state index in [4.69, 9.17) is 0 Å². The number of piperidine rings is 1. The first-order valence-electron chi connectivity index (χ1n) is 8.24. The Morgan fingerprint density at radius 3 is 2.63 bits per heavy atom. The Hall–Kier alpha value is -0.570.